The van der Waals surface area contributed by atoms with Gasteiger partial charge in [0.2, 0.25) is 0 Å². The molecule has 2 aromatic rings. The Morgan fingerprint density at radius 2 is 2.16 bits per heavy atom. The minimum Gasteiger partial charge on any atom is -0.353 e. The van der Waals surface area contributed by atoms with Crippen LogP contribution in [0.4, 0.5) is 0 Å². The molecule has 2 aromatic heterocycles. The molecule has 19 heavy (non-hydrogen) atoms. The minimum atomic E-state index is -0.191. The van der Waals surface area contributed by atoms with E-state index in [2.05, 4.69) is 5.10 Å². The van der Waals surface area contributed by atoms with Gasteiger partial charge in [0, 0.05) is 25.4 Å². The number of aryl methyl sites for hydroxylation is 2. The molecule has 1 aliphatic heterocycles. The molecule has 1 fully saturated rings. The lowest BCUT2D eigenvalue weighted by molar-refractivity contribution is -0.182. The molecule has 3 heterocycles. The summed E-state index contributed by atoms with van der Waals surface area (Å²) in [4.78, 5) is 12.2. The van der Waals surface area contributed by atoms with Crippen molar-refractivity contribution in [1.82, 2.24) is 14.2 Å². The van der Waals surface area contributed by atoms with Crippen LogP contribution in [0.2, 0.25) is 0 Å². The highest BCUT2D eigenvalue weighted by atomic mass is 16.7. The summed E-state index contributed by atoms with van der Waals surface area (Å²) in [5.74, 6) is 0. The second kappa shape index (κ2) is 5.14. The fraction of sp³-hybridized carbons (Fsp3) is 0.538. The van der Waals surface area contributed by atoms with Crippen LogP contribution in [0, 0.1) is 6.92 Å². The van der Waals surface area contributed by atoms with Crippen LogP contribution in [0.1, 0.15) is 18.5 Å². The van der Waals surface area contributed by atoms with Crippen molar-refractivity contribution in [2.75, 3.05) is 13.2 Å². The first-order valence-electron chi connectivity index (χ1n) is 6.53. The number of hydrogen-bond acceptors (Lipinski definition) is 4. The first kappa shape index (κ1) is 12.4. The van der Waals surface area contributed by atoms with Crippen molar-refractivity contribution in [1.29, 1.82) is 0 Å². The highest BCUT2D eigenvalue weighted by molar-refractivity contribution is 5.44. The molecule has 0 bridgehead atoms. The van der Waals surface area contributed by atoms with Crippen LogP contribution in [0.25, 0.3) is 5.52 Å². The standard InChI is InChI=1S/C13H17N3O3/c1-10-9-11-13(17)15(5-6-16(11)14-10)4-3-12-18-7-2-8-19-12/h5-6,9,12H,2-4,7-8H2,1H3. The van der Waals surface area contributed by atoms with Gasteiger partial charge in [0.15, 0.2) is 6.29 Å². The molecule has 102 valence electrons. The molecule has 0 spiro atoms. The van der Waals surface area contributed by atoms with Gasteiger partial charge < -0.3 is 14.0 Å². The molecular formula is C13H17N3O3. The quantitative estimate of drug-likeness (QED) is 0.827. The number of hydrogen-bond donors (Lipinski definition) is 0. The van der Waals surface area contributed by atoms with E-state index in [1.54, 1.807) is 27.5 Å². The Labute approximate surface area is 110 Å². The maximum absolute atomic E-state index is 12.2. The Kier molecular flexibility index (Phi) is 3.35. The molecule has 0 saturated carbocycles. The third kappa shape index (κ3) is 2.54. The number of fused-ring (bicyclic) bond motifs is 1. The van der Waals surface area contributed by atoms with Crippen LogP contribution >= 0.6 is 0 Å². The summed E-state index contributed by atoms with van der Waals surface area (Å²) in [5.41, 5.74) is 1.41. The van der Waals surface area contributed by atoms with Crippen molar-refractivity contribution in [2.24, 2.45) is 0 Å². The van der Waals surface area contributed by atoms with E-state index in [4.69, 9.17) is 9.47 Å². The SMILES string of the molecule is Cc1cc2c(=O)n(CCC3OCCCO3)ccn2n1. The molecule has 6 heteroatoms. The van der Waals surface area contributed by atoms with E-state index in [1.807, 2.05) is 6.92 Å². The number of nitrogens with zero attached hydrogens (tertiary/aromatic N) is 3. The summed E-state index contributed by atoms with van der Waals surface area (Å²) in [6.45, 7) is 3.94. The van der Waals surface area contributed by atoms with Crippen molar-refractivity contribution in [2.45, 2.75) is 32.6 Å². The molecule has 0 N–H and O–H groups in total. The summed E-state index contributed by atoms with van der Waals surface area (Å²) < 4.78 is 14.2. The fourth-order valence-electron chi connectivity index (χ4n) is 2.27. The monoisotopic (exact) mass is 263 g/mol. The van der Waals surface area contributed by atoms with Crippen LogP contribution in [-0.2, 0) is 16.0 Å². The summed E-state index contributed by atoms with van der Waals surface area (Å²) in [7, 11) is 0. The van der Waals surface area contributed by atoms with E-state index in [0.29, 0.717) is 18.5 Å². The summed E-state index contributed by atoms with van der Waals surface area (Å²) in [5, 5.41) is 4.22. The van der Waals surface area contributed by atoms with E-state index in [0.717, 1.165) is 25.3 Å². The third-order valence-corrected chi connectivity index (χ3v) is 3.23. The summed E-state index contributed by atoms with van der Waals surface area (Å²) in [6.07, 6.45) is 4.99. The van der Waals surface area contributed by atoms with Crippen LogP contribution in [-0.4, -0.2) is 33.7 Å². The van der Waals surface area contributed by atoms with Gasteiger partial charge in [0.25, 0.3) is 5.56 Å². The topological polar surface area (TPSA) is 57.8 Å². The Hall–Kier alpha value is -1.66. The molecule has 0 radical (unpaired) electrons. The largest absolute Gasteiger partial charge is 0.353 e. The predicted octanol–water partition coefficient (Wildman–Crippen LogP) is 0.958. The van der Waals surface area contributed by atoms with Crippen LogP contribution in [0.5, 0.6) is 0 Å². The number of ether oxygens (including phenoxy) is 2. The van der Waals surface area contributed by atoms with E-state index < -0.39 is 0 Å². The van der Waals surface area contributed by atoms with E-state index in [9.17, 15) is 4.79 Å². The second-order valence-electron chi connectivity index (χ2n) is 4.73. The molecule has 0 aromatic carbocycles. The highest BCUT2D eigenvalue weighted by Crippen LogP contribution is 2.09. The molecule has 0 unspecified atom stereocenters. The molecule has 0 aliphatic carbocycles. The highest BCUT2D eigenvalue weighted by Gasteiger charge is 2.14. The smallest absolute Gasteiger partial charge is 0.276 e. The number of aromatic nitrogens is 3. The molecule has 1 saturated heterocycles. The van der Waals surface area contributed by atoms with Crippen molar-refractivity contribution in [3.8, 4) is 0 Å². The Morgan fingerprint density at radius 3 is 2.95 bits per heavy atom. The van der Waals surface area contributed by atoms with E-state index in [-0.39, 0.29) is 11.8 Å². The first-order chi connectivity index (χ1) is 9.24. The van der Waals surface area contributed by atoms with Gasteiger partial charge in [0.05, 0.1) is 18.9 Å². The van der Waals surface area contributed by atoms with Gasteiger partial charge in [-0.25, -0.2) is 4.52 Å². The Bertz CT molecular complexity index is 626. The maximum atomic E-state index is 12.2. The molecule has 3 rings (SSSR count). The Balaban J connectivity index is 1.77. The minimum absolute atomic E-state index is 0.0288. The van der Waals surface area contributed by atoms with Gasteiger partial charge in [-0.1, -0.05) is 0 Å². The Morgan fingerprint density at radius 1 is 1.37 bits per heavy atom. The van der Waals surface area contributed by atoms with Gasteiger partial charge in [-0.2, -0.15) is 5.10 Å². The van der Waals surface area contributed by atoms with E-state index in [1.165, 1.54) is 0 Å². The average Bonchev–Trinajstić information content (AvgIpc) is 2.81. The lowest BCUT2D eigenvalue weighted by Crippen LogP contribution is -2.28. The maximum Gasteiger partial charge on any atom is 0.276 e. The van der Waals surface area contributed by atoms with Gasteiger partial charge in [0.1, 0.15) is 5.52 Å². The van der Waals surface area contributed by atoms with Crippen LogP contribution in [0.15, 0.2) is 23.3 Å². The van der Waals surface area contributed by atoms with E-state index >= 15 is 0 Å². The molecule has 0 atom stereocenters. The predicted molar refractivity (Wildman–Crippen MR) is 69.1 cm³/mol. The fourth-order valence-corrected chi connectivity index (χ4v) is 2.27. The normalized spacial score (nSPS) is 17.1. The zero-order valence-electron chi connectivity index (χ0n) is 10.9. The van der Waals surface area contributed by atoms with Gasteiger partial charge in [-0.05, 0) is 19.4 Å². The van der Waals surface area contributed by atoms with Gasteiger partial charge in [-0.15, -0.1) is 0 Å². The lowest BCUT2D eigenvalue weighted by atomic mass is 10.3. The summed E-state index contributed by atoms with van der Waals surface area (Å²) >= 11 is 0. The van der Waals surface area contributed by atoms with Gasteiger partial charge >= 0.3 is 0 Å². The zero-order chi connectivity index (χ0) is 13.2. The second-order valence-corrected chi connectivity index (χ2v) is 4.73. The zero-order valence-corrected chi connectivity index (χ0v) is 10.9. The van der Waals surface area contributed by atoms with Crippen molar-refractivity contribution in [3.63, 3.8) is 0 Å². The molecule has 6 nitrogen and oxygen atoms in total. The number of rotatable bonds is 3. The molecular weight excluding hydrogens is 246 g/mol. The molecule has 0 amide bonds. The van der Waals surface area contributed by atoms with Crippen molar-refractivity contribution in [3.05, 3.63) is 34.5 Å². The van der Waals surface area contributed by atoms with Gasteiger partial charge in [-0.3, -0.25) is 4.79 Å². The van der Waals surface area contributed by atoms with Crippen molar-refractivity contribution < 1.29 is 9.47 Å². The lowest BCUT2D eigenvalue weighted by Gasteiger charge is -2.23. The van der Waals surface area contributed by atoms with Crippen LogP contribution in [0.3, 0.4) is 0 Å². The average molecular weight is 263 g/mol. The van der Waals surface area contributed by atoms with Crippen LogP contribution < -0.4 is 5.56 Å². The summed E-state index contributed by atoms with van der Waals surface area (Å²) in [6, 6.07) is 1.80. The third-order valence-electron chi connectivity index (χ3n) is 3.23. The first-order valence-corrected chi connectivity index (χ1v) is 6.53. The van der Waals surface area contributed by atoms with Crippen molar-refractivity contribution >= 4 is 5.52 Å². The molecule has 1 aliphatic rings.